The summed E-state index contributed by atoms with van der Waals surface area (Å²) in [5, 5.41) is 6.33. The summed E-state index contributed by atoms with van der Waals surface area (Å²) in [6.07, 6.45) is 5.92. The number of hydrogen-bond acceptors (Lipinski definition) is 4. The number of amides is 1. The minimum atomic E-state index is -0.0140. The molecule has 3 rings (SSSR count). The lowest BCUT2D eigenvalue weighted by molar-refractivity contribution is -0.125. The first kappa shape index (κ1) is 16.3. The Labute approximate surface area is 142 Å². The van der Waals surface area contributed by atoms with E-state index in [2.05, 4.69) is 15.6 Å². The zero-order valence-corrected chi connectivity index (χ0v) is 13.7. The molecule has 2 N–H and O–H groups in total. The van der Waals surface area contributed by atoms with Gasteiger partial charge in [0.15, 0.2) is 0 Å². The van der Waals surface area contributed by atoms with E-state index in [4.69, 9.17) is 4.74 Å². The van der Waals surface area contributed by atoms with Gasteiger partial charge in [0.25, 0.3) is 0 Å². The Bertz CT molecular complexity index is 661. The predicted molar refractivity (Wildman–Crippen MR) is 94.1 cm³/mol. The highest BCUT2D eigenvalue weighted by Crippen LogP contribution is 2.26. The van der Waals surface area contributed by atoms with Gasteiger partial charge < -0.3 is 15.4 Å². The third-order valence-corrected chi connectivity index (χ3v) is 4.18. The molecule has 0 fully saturated rings. The number of anilines is 1. The van der Waals surface area contributed by atoms with Gasteiger partial charge in [0.05, 0.1) is 12.3 Å². The first-order chi connectivity index (χ1) is 11.8. The Kier molecular flexibility index (Phi) is 5.66. The molecule has 0 spiro atoms. The average Bonchev–Trinajstić information content (AvgIpc) is 2.84. The van der Waals surface area contributed by atoms with Crippen LogP contribution in [0.3, 0.4) is 0 Å². The molecule has 2 heterocycles. The van der Waals surface area contributed by atoms with Crippen LogP contribution in [-0.2, 0) is 11.2 Å². The second-order valence-electron chi connectivity index (χ2n) is 5.96. The van der Waals surface area contributed by atoms with Crippen molar-refractivity contribution in [3.63, 3.8) is 0 Å². The zero-order chi connectivity index (χ0) is 16.6. The third-order valence-electron chi connectivity index (χ3n) is 4.18. The molecule has 1 aromatic carbocycles. The maximum absolute atomic E-state index is 12.4. The number of rotatable bonds is 6. The van der Waals surface area contributed by atoms with Crippen LogP contribution in [0.15, 0.2) is 48.8 Å². The second-order valence-corrected chi connectivity index (χ2v) is 5.96. The Morgan fingerprint density at radius 3 is 3.00 bits per heavy atom. The van der Waals surface area contributed by atoms with Gasteiger partial charge in [-0.15, -0.1) is 0 Å². The standard InChI is InChI=1S/C19H23N3O2/c23-19(22-11-4-10-21-17-6-3-9-20-14-17)16-8-12-24-18-7-2-1-5-15(18)13-16/h1-3,5-7,9,14,16,21H,4,8,10-13H2,(H,22,23)/t16-/m0/s1. The highest BCUT2D eigenvalue weighted by atomic mass is 16.5. The predicted octanol–water partition coefficient (Wildman–Crippen LogP) is 2.64. The van der Waals surface area contributed by atoms with Crippen molar-refractivity contribution in [3.8, 4) is 5.75 Å². The zero-order valence-electron chi connectivity index (χ0n) is 13.7. The molecule has 2 aromatic rings. The first-order valence-corrected chi connectivity index (χ1v) is 8.45. The largest absolute Gasteiger partial charge is 0.493 e. The van der Waals surface area contributed by atoms with Crippen molar-refractivity contribution in [2.45, 2.75) is 19.3 Å². The number of nitrogens with one attached hydrogen (secondary N) is 2. The lowest BCUT2D eigenvalue weighted by Crippen LogP contribution is -2.33. The number of nitrogens with zero attached hydrogens (tertiary/aromatic N) is 1. The van der Waals surface area contributed by atoms with Crippen LogP contribution in [0.1, 0.15) is 18.4 Å². The summed E-state index contributed by atoms with van der Waals surface area (Å²) in [6.45, 7) is 2.07. The van der Waals surface area contributed by atoms with Crippen molar-refractivity contribution < 1.29 is 9.53 Å². The highest BCUT2D eigenvalue weighted by Gasteiger charge is 2.23. The number of hydrogen-bond donors (Lipinski definition) is 2. The van der Waals surface area contributed by atoms with E-state index in [0.717, 1.165) is 42.8 Å². The molecular formula is C19H23N3O2. The molecule has 0 radical (unpaired) electrons. The van der Waals surface area contributed by atoms with E-state index in [9.17, 15) is 4.79 Å². The van der Waals surface area contributed by atoms with Crippen LogP contribution in [0.4, 0.5) is 5.69 Å². The summed E-state index contributed by atoms with van der Waals surface area (Å²) in [5.41, 5.74) is 2.12. The quantitative estimate of drug-likeness (QED) is 0.802. The van der Waals surface area contributed by atoms with E-state index in [0.29, 0.717) is 13.2 Å². The fraction of sp³-hybridized carbons (Fsp3) is 0.368. The lowest BCUT2D eigenvalue weighted by Gasteiger charge is -2.14. The molecule has 1 amide bonds. The molecule has 5 heteroatoms. The van der Waals surface area contributed by atoms with Crippen molar-refractivity contribution in [1.82, 2.24) is 10.3 Å². The fourth-order valence-electron chi connectivity index (χ4n) is 2.86. The second kappa shape index (κ2) is 8.34. The van der Waals surface area contributed by atoms with Crippen LogP contribution in [0.2, 0.25) is 0 Å². The Morgan fingerprint density at radius 2 is 2.12 bits per heavy atom. The van der Waals surface area contributed by atoms with Crippen molar-refractivity contribution in [2.24, 2.45) is 5.92 Å². The van der Waals surface area contributed by atoms with Gasteiger partial charge in [-0.1, -0.05) is 18.2 Å². The summed E-state index contributed by atoms with van der Waals surface area (Å²) < 4.78 is 5.72. The fourth-order valence-corrected chi connectivity index (χ4v) is 2.86. The van der Waals surface area contributed by atoms with Crippen molar-refractivity contribution in [3.05, 3.63) is 54.4 Å². The monoisotopic (exact) mass is 325 g/mol. The number of carbonyl (C=O) groups excluding carboxylic acids is 1. The van der Waals surface area contributed by atoms with Crippen molar-refractivity contribution in [2.75, 3.05) is 25.0 Å². The molecule has 1 atom stereocenters. The molecule has 1 aliphatic rings. The molecule has 0 bridgehead atoms. The molecule has 0 saturated carbocycles. The van der Waals surface area contributed by atoms with Gasteiger partial charge in [-0.05, 0) is 43.0 Å². The average molecular weight is 325 g/mol. The molecule has 24 heavy (non-hydrogen) atoms. The summed E-state index contributed by atoms with van der Waals surface area (Å²) in [7, 11) is 0. The molecular weight excluding hydrogens is 302 g/mol. The van der Waals surface area contributed by atoms with Crippen molar-refractivity contribution in [1.29, 1.82) is 0 Å². The van der Waals surface area contributed by atoms with Gasteiger partial charge in [0.2, 0.25) is 5.91 Å². The van der Waals surface area contributed by atoms with Crippen molar-refractivity contribution >= 4 is 11.6 Å². The van der Waals surface area contributed by atoms with Gasteiger partial charge in [-0.25, -0.2) is 0 Å². The number of carbonyl (C=O) groups is 1. The van der Waals surface area contributed by atoms with Gasteiger partial charge in [-0.2, -0.15) is 0 Å². The van der Waals surface area contributed by atoms with E-state index in [1.807, 2.05) is 36.4 Å². The van der Waals surface area contributed by atoms with Crippen LogP contribution in [0, 0.1) is 5.92 Å². The molecule has 126 valence electrons. The Balaban J connectivity index is 1.40. The van der Waals surface area contributed by atoms with E-state index in [-0.39, 0.29) is 11.8 Å². The lowest BCUT2D eigenvalue weighted by atomic mass is 9.96. The molecule has 5 nitrogen and oxygen atoms in total. The molecule has 1 aromatic heterocycles. The van der Waals surface area contributed by atoms with E-state index >= 15 is 0 Å². The number of para-hydroxylation sites is 1. The number of ether oxygens (including phenoxy) is 1. The number of benzene rings is 1. The maximum atomic E-state index is 12.4. The van der Waals surface area contributed by atoms with Crippen LogP contribution in [-0.4, -0.2) is 30.6 Å². The van der Waals surface area contributed by atoms with Crippen LogP contribution < -0.4 is 15.4 Å². The topological polar surface area (TPSA) is 63.2 Å². The first-order valence-electron chi connectivity index (χ1n) is 8.45. The van der Waals surface area contributed by atoms with E-state index in [1.54, 1.807) is 12.4 Å². The third kappa shape index (κ3) is 4.47. The molecule has 0 unspecified atom stereocenters. The van der Waals surface area contributed by atoms with Crippen LogP contribution in [0.5, 0.6) is 5.75 Å². The summed E-state index contributed by atoms with van der Waals surface area (Å²) >= 11 is 0. The van der Waals surface area contributed by atoms with Crippen LogP contribution >= 0.6 is 0 Å². The van der Waals surface area contributed by atoms with Gasteiger partial charge in [0, 0.05) is 31.4 Å². The molecule has 0 saturated heterocycles. The molecule has 0 aliphatic carbocycles. The summed E-state index contributed by atoms with van der Waals surface area (Å²) in [4.78, 5) is 16.5. The number of fused-ring (bicyclic) bond motifs is 1. The van der Waals surface area contributed by atoms with Gasteiger partial charge >= 0.3 is 0 Å². The number of aromatic nitrogens is 1. The van der Waals surface area contributed by atoms with Gasteiger partial charge in [0.1, 0.15) is 5.75 Å². The van der Waals surface area contributed by atoms with Gasteiger partial charge in [-0.3, -0.25) is 9.78 Å². The maximum Gasteiger partial charge on any atom is 0.223 e. The Hall–Kier alpha value is -2.56. The smallest absolute Gasteiger partial charge is 0.223 e. The summed E-state index contributed by atoms with van der Waals surface area (Å²) in [5.74, 6) is 1.02. The van der Waals surface area contributed by atoms with E-state index in [1.165, 1.54) is 0 Å². The minimum Gasteiger partial charge on any atom is -0.493 e. The highest BCUT2D eigenvalue weighted by molar-refractivity contribution is 5.79. The number of pyridine rings is 1. The normalized spacial score (nSPS) is 16.4. The van der Waals surface area contributed by atoms with E-state index < -0.39 is 0 Å². The molecule has 1 aliphatic heterocycles. The van der Waals surface area contributed by atoms with Crippen LogP contribution in [0.25, 0.3) is 0 Å². The summed E-state index contributed by atoms with van der Waals surface area (Å²) in [6, 6.07) is 11.9. The minimum absolute atomic E-state index is 0.0140. The SMILES string of the molecule is O=C(NCCCNc1cccnc1)[C@H]1CCOc2ccccc2C1. The Morgan fingerprint density at radius 1 is 1.21 bits per heavy atom.